The molecule has 1 aromatic rings. The molecule has 1 heterocycles. The molecule has 0 amide bonds. The lowest BCUT2D eigenvalue weighted by molar-refractivity contribution is -0.173. The fourth-order valence-corrected chi connectivity index (χ4v) is 3.21. The predicted octanol–water partition coefficient (Wildman–Crippen LogP) is 1.51. The zero-order valence-electron chi connectivity index (χ0n) is 10.2. The minimum absolute atomic E-state index is 0.403. The highest BCUT2D eigenvalue weighted by atomic mass is 16.5. The smallest absolute Gasteiger partial charge is 0.213 e. The minimum Gasteiger partial charge on any atom is -0.378 e. The van der Waals surface area contributed by atoms with Crippen LogP contribution in [0.4, 0.5) is 0 Å². The van der Waals surface area contributed by atoms with Gasteiger partial charge in [0, 0.05) is 18.1 Å². The van der Waals surface area contributed by atoms with Gasteiger partial charge in [0.1, 0.15) is 0 Å². The highest BCUT2D eigenvalue weighted by molar-refractivity contribution is 5.12. The topological polar surface area (TPSA) is 60.2 Å². The maximum Gasteiger partial charge on any atom is 0.213 e. The molecule has 0 saturated heterocycles. The van der Waals surface area contributed by atoms with Gasteiger partial charge in [-0.2, -0.15) is 4.98 Å². The van der Waals surface area contributed by atoms with Gasteiger partial charge in [0.25, 0.3) is 0 Å². The molecule has 3 rings (SSSR count). The van der Waals surface area contributed by atoms with Gasteiger partial charge >= 0.3 is 0 Å². The zero-order valence-corrected chi connectivity index (χ0v) is 10.2. The van der Waals surface area contributed by atoms with E-state index in [1.54, 1.807) is 0 Å². The summed E-state index contributed by atoms with van der Waals surface area (Å²) in [7, 11) is 0. The van der Waals surface area contributed by atoms with Crippen LogP contribution in [0.5, 0.6) is 0 Å². The van der Waals surface area contributed by atoms with E-state index in [9.17, 15) is 0 Å². The minimum atomic E-state index is 0.403. The van der Waals surface area contributed by atoms with Crippen LogP contribution in [0.2, 0.25) is 0 Å². The van der Waals surface area contributed by atoms with E-state index in [1.165, 1.54) is 25.7 Å². The molecule has 0 aliphatic heterocycles. The van der Waals surface area contributed by atoms with E-state index in [2.05, 4.69) is 22.4 Å². The van der Waals surface area contributed by atoms with E-state index >= 15 is 0 Å². The van der Waals surface area contributed by atoms with Crippen molar-refractivity contribution < 1.29 is 9.26 Å². The van der Waals surface area contributed by atoms with Gasteiger partial charge in [0.05, 0.1) is 12.6 Å². The second kappa shape index (κ2) is 4.38. The Morgan fingerprint density at radius 2 is 2.47 bits per heavy atom. The lowest BCUT2D eigenvalue weighted by atomic mass is 9.51. The van der Waals surface area contributed by atoms with Gasteiger partial charge in [-0.15, -0.1) is 0 Å². The lowest BCUT2D eigenvalue weighted by Gasteiger charge is -2.61. The van der Waals surface area contributed by atoms with Gasteiger partial charge in [-0.05, 0) is 26.2 Å². The predicted molar refractivity (Wildman–Crippen MR) is 61.2 cm³/mol. The van der Waals surface area contributed by atoms with Crippen LogP contribution >= 0.6 is 0 Å². The molecule has 5 heteroatoms. The number of hydrogen-bond acceptors (Lipinski definition) is 5. The molecule has 0 aromatic carbocycles. The normalized spacial score (nSPS) is 29.9. The molecule has 2 aliphatic rings. The molecule has 1 N–H and O–H groups in total. The molecule has 0 radical (unpaired) electrons. The summed E-state index contributed by atoms with van der Waals surface area (Å²) in [6.45, 7) is 3.60. The molecular formula is C12H19N3O2. The molecule has 5 nitrogen and oxygen atoms in total. The van der Waals surface area contributed by atoms with Crippen molar-refractivity contribution in [2.45, 2.75) is 51.3 Å². The molecule has 1 spiro atoms. The summed E-state index contributed by atoms with van der Waals surface area (Å²) in [6.07, 6.45) is 6.88. The number of nitrogens with zero attached hydrogens (tertiary/aromatic N) is 2. The largest absolute Gasteiger partial charge is 0.378 e. The first kappa shape index (κ1) is 11.2. The molecular weight excluding hydrogens is 218 g/mol. The van der Waals surface area contributed by atoms with Crippen LogP contribution in [-0.4, -0.2) is 28.9 Å². The Kier molecular flexibility index (Phi) is 2.88. The number of ether oxygens (including phenoxy) is 1. The molecule has 2 aliphatic carbocycles. The van der Waals surface area contributed by atoms with Crippen molar-refractivity contribution in [2.75, 3.05) is 6.61 Å². The molecule has 2 saturated carbocycles. The van der Waals surface area contributed by atoms with E-state index < -0.39 is 0 Å². The second-order valence-electron chi connectivity index (χ2n) is 5.05. The summed E-state index contributed by atoms with van der Waals surface area (Å²) in [5.74, 6) is 0.735. The third kappa shape index (κ3) is 1.77. The van der Waals surface area contributed by atoms with Crippen molar-refractivity contribution >= 4 is 0 Å². The summed E-state index contributed by atoms with van der Waals surface area (Å²) in [6, 6.07) is 0.561. The van der Waals surface area contributed by atoms with Crippen molar-refractivity contribution in [3.63, 3.8) is 0 Å². The van der Waals surface area contributed by atoms with Gasteiger partial charge in [-0.1, -0.05) is 11.6 Å². The average molecular weight is 237 g/mol. The van der Waals surface area contributed by atoms with Crippen molar-refractivity contribution in [1.82, 2.24) is 15.5 Å². The maximum atomic E-state index is 5.81. The van der Waals surface area contributed by atoms with Crippen molar-refractivity contribution in [3.8, 4) is 0 Å². The van der Waals surface area contributed by atoms with Gasteiger partial charge in [-0.25, -0.2) is 0 Å². The highest BCUT2D eigenvalue weighted by Gasteiger charge is 2.58. The fraction of sp³-hybridized carbons (Fsp3) is 0.833. The second-order valence-corrected chi connectivity index (χ2v) is 5.05. The molecule has 2 fully saturated rings. The summed E-state index contributed by atoms with van der Waals surface area (Å²) in [5.41, 5.74) is 0.403. The van der Waals surface area contributed by atoms with Gasteiger partial charge in [0.2, 0.25) is 6.39 Å². The average Bonchev–Trinajstić information content (AvgIpc) is 2.72. The van der Waals surface area contributed by atoms with Gasteiger partial charge in [0.15, 0.2) is 5.82 Å². The molecule has 1 aromatic heterocycles. The molecule has 2 atom stereocenters. The van der Waals surface area contributed by atoms with E-state index in [4.69, 9.17) is 9.26 Å². The Hall–Kier alpha value is -0.940. The quantitative estimate of drug-likeness (QED) is 0.841. The molecule has 0 bridgehead atoms. The van der Waals surface area contributed by atoms with E-state index in [-0.39, 0.29) is 0 Å². The third-order valence-electron chi connectivity index (χ3n) is 4.35. The summed E-state index contributed by atoms with van der Waals surface area (Å²) in [4.78, 5) is 4.02. The summed E-state index contributed by atoms with van der Waals surface area (Å²) >= 11 is 0. The SMILES string of the molecule is CCOC1CC(NCc2ncon2)C12CCC2. The third-order valence-corrected chi connectivity index (χ3v) is 4.35. The fourth-order valence-electron chi connectivity index (χ4n) is 3.21. The number of hydrogen-bond donors (Lipinski definition) is 1. The van der Waals surface area contributed by atoms with E-state index in [1.807, 2.05) is 0 Å². The Morgan fingerprint density at radius 1 is 1.59 bits per heavy atom. The standard InChI is InChI=1S/C12H19N3O2/c1-2-16-10-6-9(12(10)4-3-5-12)13-7-11-14-8-17-15-11/h8-10,13H,2-7H2,1H3. The number of aromatic nitrogens is 2. The lowest BCUT2D eigenvalue weighted by Crippen LogP contribution is -2.66. The van der Waals surface area contributed by atoms with Crippen LogP contribution in [-0.2, 0) is 11.3 Å². The van der Waals surface area contributed by atoms with E-state index in [0.717, 1.165) is 18.9 Å². The van der Waals surface area contributed by atoms with Crippen LogP contribution < -0.4 is 5.32 Å². The van der Waals surface area contributed by atoms with Crippen LogP contribution in [0.25, 0.3) is 0 Å². The van der Waals surface area contributed by atoms with Crippen molar-refractivity contribution in [2.24, 2.45) is 5.41 Å². The Labute approximate surface area is 101 Å². The summed E-state index contributed by atoms with van der Waals surface area (Å²) in [5, 5.41) is 7.35. The number of nitrogens with one attached hydrogen (secondary N) is 1. The van der Waals surface area contributed by atoms with Gasteiger partial charge in [-0.3, -0.25) is 0 Å². The zero-order chi connectivity index (χ0) is 11.7. The van der Waals surface area contributed by atoms with Crippen LogP contribution in [0, 0.1) is 5.41 Å². The molecule has 94 valence electrons. The van der Waals surface area contributed by atoms with Gasteiger partial charge < -0.3 is 14.6 Å². The Balaban J connectivity index is 1.55. The maximum absolute atomic E-state index is 5.81. The van der Waals surface area contributed by atoms with Crippen molar-refractivity contribution in [1.29, 1.82) is 0 Å². The van der Waals surface area contributed by atoms with E-state index in [0.29, 0.717) is 24.1 Å². The molecule has 2 unspecified atom stereocenters. The highest BCUT2D eigenvalue weighted by Crippen LogP contribution is 2.57. The first-order chi connectivity index (χ1) is 8.35. The monoisotopic (exact) mass is 237 g/mol. The first-order valence-electron chi connectivity index (χ1n) is 6.45. The number of rotatable bonds is 5. The van der Waals surface area contributed by atoms with Crippen LogP contribution in [0.1, 0.15) is 38.4 Å². The Bertz CT molecular complexity index is 362. The molecule has 17 heavy (non-hydrogen) atoms. The Morgan fingerprint density at radius 3 is 3.06 bits per heavy atom. The summed E-state index contributed by atoms with van der Waals surface area (Å²) < 4.78 is 10.5. The van der Waals surface area contributed by atoms with Crippen molar-refractivity contribution in [3.05, 3.63) is 12.2 Å². The van der Waals surface area contributed by atoms with Crippen LogP contribution in [0.15, 0.2) is 10.9 Å². The first-order valence-corrected chi connectivity index (χ1v) is 6.45. The van der Waals surface area contributed by atoms with Crippen LogP contribution in [0.3, 0.4) is 0 Å².